The summed E-state index contributed by atoms with van der Waals surface area (Å²) in [5, 5.41) is 3.04. The van der Waals surface area contributed by atoms with Gasteiger partial charge in [-0.25, -0.2) is 0 Å². The second-order valence-corrected chi connectivity index (χ2v) is 8.19. The van der Waals surface area contributed by atoms with Crippen molar-refractivity contribution in [1.82, 2.24) is 0 Å². The first kappa shape index (κ1) is 22.9. The van der Waals surface area contributed by atoms with Gasteiger partial charge >= 0.3 is 0 Å². The van der Waals surface area contributed by atoms with Gasteiger partial charge in [0, 0.05) is 5.69 Å². The first-order valence-electron chi connectivity index (χ1n) is 10.8. The maximum atomic E-state index is 12.5. The second kappa shape index (κ2) is 10.5. The van der Waals surface area contributed by atoms with Crippen LogP contribution in [0.15, 0.2) is 30.3 Å². The van der Waals surface area contributed by atoms with Crippen molar-refractivity contribution in [1.29, 1.82) is 0 Å². The predicted octanol–water partition coefficient (Wildman–Crippen LogP) is 0.251. The van der Waals surface area contributed by atoms with E-state index in [2.05, 4.69) is 19.2 Å². The molecule has 2 aromatic carbocycles. The fraction of sp³-hybridized carbons (Fsp3) is 0.458. The molecule has 0 saturated carbocycles. The third-order valence-electron chi connectivity index (χ3n) is 6.09. The highest BCUT2D eigenvalue weighted by molar-refractivity contribution is 5.91. The van der Waals surface area contributed by atoms with E-state index in [9.17, 15) is 4.79 Å². The quantitative estimate of drug-likeness (QED) is 0.563. The lowest BCUT2D eigenvalue weighted by molar-refractivity contribution is -1.02. The van der Waals surface area contributed by atoms with Crippen molar-refractivity contribution in [2.24, 2.45) is 0 Å². The minimum Gasteiger partial charge on any atom is -0.493 e. The highest BCUT2D eigenvalue weighted by Crippen LogP contribution is 2.39. The van der Waals surface area contributed by atoms with Crippen LogP contribution in [0.2, 0.25) is 0 Å². The molecule has 168 valence electrons. The number of benzene rings is 2. The number of ether oxygens (including phenoxy) is 3. The van der Waals surface area contributed by atoms with Crippen molar-refractivity contribution >= 4 is 11.6 Å². The first-order chi connectivity index (χ1) is 14.9. The van der Waals surface area contributed by atoms with Crippen LogP contribution in [-0.2, 0) is 11.3 Å². The number of hydrogen-bond donors (Lipinski definition) is 3. The van der Waals surface area contributed by atoms with E-state index < -0.39 is 0 Å². The molecule has 3 rings (SSSR count). The van der Waals surface area contributed by atoms with E-state index >= 15 is 0 Å². The lowest BCUT2D eigenvalue weighted by Gasteiger charge is -2.30. The van der Waals surface area contributed by atoms with Gasteiger partial charge in [0.1, 0.15) is 32.7 Å². The molecule has 1 amide bonds. The molecule has 0 unspecified atom stereocenters. The number of nitrogens with one attached hydrogen (secondary N) is 3. The van der Waals surface area contributed by atoms with E-state index in [1.807, 2.05) is 30.3 Å². The van der Waals surface area contributed by atoms with E-state index in [4.69, 9.17) is 14.2 Å². The molecule has 1 aliphatic rings. The Hall–Kier alpha value is -2.77. The number of piperazine rings is 1. The lowest BCUT2D eigenvalue weighted by atomic mass is 10.1. The van der Waals surface area contributed by atoms with Gasteiger partial charge in [-0.15, -0.1) is 0 Å². The van der Waals surface area contributed by atoms with Crippen LogP contribution in [0, 0.1) is 13.8 Å². The van der Waals surface area contributed by atoms with Gasteiger partial charge in [0.15, 0.2) is 18.0 Å². The van der Waals surface area contributed by atoms with Gasteiger partial charge < -0.3 is 29.3 Å². The summed E-state index contributed by atoms with van der Waals surface area (Å²) in [5.74, 6) is 2.11. The van der Waals surface area contributed by atoms with Gasteiger partial charge in [-0.05, 0) is 49.2 Å². The Balaban J connectivity index is 1.53. The summed E-state index contributed by atoms with van der Waals surface area (Å²) in [4.78, 5) is 15.3. The van der Waals surface area contributed by atoms with Gasteiger partial charge in [-0.3, -0.25) is 4.79 Å². The van der Waals surface area contributed by atoms with Gasteiger partial charge in [0.25, 0.3) is 5.91 Å². The average Bonchev–Trinajstić information content (AvgIpc) is 2.77. The third kappa shape index (κ3) is 5.68. The number of quaternary nitrogens is 2. The Morgan fingerprint density at radius 2 is 1.55 bits per heavy atom. The molecule has 0 radical (unpaired) electrons. The van der Waals surface area contributed by atoms with Crippen LogP contribution < -0.4 is 29.3 Å². The maximum absolute atomic E-state index is 12.5. The zero-order chi connectivity index (χ0) is 22.4. The summed E-state index contributed by atoms with van der Waals surface area (Å²) in [5.41, 5.74) is 4.39. The normalized spacial score (nSPS) is 18.4. The molecule has 1 saturated heterocycles. The molecule has 0 aliphatic carbocycles. The summed E-state index contributed by atoms with van der Waals surface area (Å²) in [7, 11) is 4.91. The molecule has 1 heterocycles. The second-order valence-electron chi connectivity index (χ2n) is 8.19. The minimum absolute atomic E-state index is 0.0725. The number of rotatable bonds is 8. The Bertz CT molecular complexity index is 908. The Kier molecular flexibility index (Phi) is 7.76. The number of aryl methyl sites for hydroxylation is 2. The standard InChI is InChI=1S/C24H33N3O4/c1-17-6-8-20(14-18(17)2)25-22(28)16-27-12-10-26(11-13-27)15-19-7-9-21(29-3)24(31-5)23(19)30-4/h6-9,14H,10-13,15-16H2,1-5H3,(H,25,28)/p+2. The number of methoxy groups -OCH3 is 3. The number of amides is 1. The molecular formula is C24H35N3O4+2. The first-order valence-corrected chi connectivity index (χ1v) is 10.8. The zero-order valence-corrected chi connectivity index (χ0v) is 19.3. The smallest absolute Gasteiger partial charge is 0.279 e. The molecule has 31 heavy (non-hydrogen) atoms. The molecular weight excluding hydrogens is 394 g/mol. The molecule has 7 nitrogen and oxygen atoms in total. The van der Waals surface area contributed by atoms with Gasteiger partial charge in [-0.2, -0.15) is 0 Å². The van der Waals surface area contributed by atoms with Crippen molar-refractivity contribution in [3.63, 3.8) is 0 Å². The largest absolute Gasteiger partial charge is 0.493 e. The van der Waals surface area contributed by atoms with Crippen molar-refractivity contribution in [3.05, 3.63) is 47.0 Å². The van der Waals surface area contributed by atoms with Crippen molar-refractivity contribution in [3.8, 4) is 17.2 Å². The molecule has 1 aliphatic heterocycles. The Morgan fingerprint density at radius 3 is 2.16 bits per heavy atom. The third-order valence-corrected chi connectivity index (χ3v) is 6.09. The predicted molar refractivity (Wildman–Crippen MR) is 121 cm³/mol. The van der Waals surface area contributed by atoms with Crippen LogP contribution in [0.5, 0.6) is 17.2 Å². The van der Waals surface area contributed by atoms with Gasteiger partial charge in [-0.1, -0.05) is 6.07 Å². The molecule has 1 fully saturated rings. The summed E-state index contributed by atoms with van der Waals surface area (Å²) in [6.07, 6.45) is 0. The molecule has 0 bridgehead atoms. The van der Waals surface area contributed by atoms with E-state index in [0.29, 0.717) is 18.0 Å². The van der Waals surface area contributed by atoms with Crippen LogP contribution in [-0.4, -0.2) is 60.0 Å². The fourth-order valence-electron chi connectivity index (χ4n) is 4.13. The summed E-state index contributed by atoms with van der Waals surface area (Å²) >= 11 is 0. The fourth-order valence-corrected chi connectivity index (χ4v) is 4.13. The lowest BCUT2D eigenvalue weighted by Crippen LogP contribution is -3.28. The molecule has 0 atom stereocenters. The zero-order valence-electron chi connectivity index (χ0n) is 19.3. The van der Waals surface area contributed by atoms with Crippen molar-refractivity contribution in [2.75, 3.05) is 59.4 Å². The monoisotopic (exact) mass is 429 g/mol. The Morgan fingerprint density at radius 1 is 0.871 bits per heavy atom. The number of anilines is 1. The SMILES string of the molecule is COc1ccc(C[NH+]2CC[NH+](CC(=O)Nc3ccc(C)c(C)c3)CC2)c(OC)c1OC. The van der Waals surface area contributed by atoms with E-state index in [0.717, 1.165) is 49.7 Å². The molecule has 7 heteroatoms. The van der Waals surface area contributed by atoms with E-state index in [1.165, 1.54) is 20.9 Å². The topological polar surface area (TPSA) is 65.7 Å². The molecule has 2 aromatic rings. The van der Waals surface area contributed by atoms with Crippen LogP contribution in [0.25, 0.3) is 0 Å². The van der Waals surface area contributed by atoms with Crippen LogP contribution in [0.1, 0.15) is 16.7 Å². The highest BCUT2D eigenvalue weighted by atomic mass is 16.5. The summed E-state index contributed by atoms with van der Waals surface area (Å²) in [6, 6.07) is 10.0. The maximum Gasteiger partial charge on any atom is 0.279 e. The molecule has 0 spiro atoms. The summed E-state index contributed by atoms with van der Waals surface area (Å²) in [6.45, 7) is 9.42. The van der Waals surface area contributed by atoms with Crippen LogP contribution in [0.4, 0.5) is 5.69 Å². The number of carbonyl (C=O) groups excluding carboxylic acids is 1. The van der Waals surface area contributed by atoms with Crippen LogP contribution >= 0.6 is 0 Å². The summed E-state index contributed by atoms with van der Waals surface area (Å²) < 4.78 is 16.5. The van der Waals surface area contributed by atoms with E-state index in [1.54, 1.807) is 21.3 Å². The van der Waals surface area contributed by atoms with Gasteiger partial charge in [0.05, 0.1) is 26.9 Å². The minimum atomic E-state index is 0.0725. The molecule has 0 aromatic heterocycles. The van der Waals surface area contributed by atoms with E-state index in [-0.39, 0.29) is 5.91 Å². The highest BCUT2D eigenvalue weighted by Gasteiger charge is 2.27. The number of carbonyl (C=O) groups is 1. The molecule has 3 N–H and O–H groups in total. The number of hydrogen-bond acceptors (Lipinski definition) is 4. The van der Waals surface area contributed by atoms with Crippen molar-refractivity contribution < 1.29 is 28.8 Å². The Labute approximate surface area is 184 Å². The van der Waals surface area contributed by atoms with Gasteiger partial charge in [0.2, 0.25) is 5.75 Å². The van der Waals surface area contributed by atoms with Crippen molar-refractivity contribution in [2.45, 2.75) is 20.4 Å². The van der Waals surface area contributed by atoms with Crippen LogP contribution in [0.3, 0.4) is 0 Å². The average molecular weight is 430 g/mol.